The average Bonchev–Trinajstić information content (AvgIpc) is 3.00. The Balaban J connectivity index is 2.05. The van der Waals surface area contributed by atoms with Gasteiger partial charge in [-0.05, 0) is 24.3 Å². The fourth-order valence-electron chi connectivity index (χ4n) is 4.86. The summed E-state index contributed by atoms with van der Waals surface area (Å²) < 4.78 is 24.1. The van der Waals surface area contributed by atoms with Crippen LogP contribution in [0, 0.1) is 56.2 Å². The first-order chi connectivity index (χ1) is 15.8. The Morgan fingerprint density at radius 3 is 2.21 bits per heavy atom. The van der Waals surface area contributed by atoms with Gasteiger partial charge in [-0.15, -0.1) is 0 Å². The van der Waals surface area contributed by atoms with Crippen molar-refractivity contribution in [3.05, 3.63) is 58.1 Å². The molecule has 2 fully saturated rings. The number of halogens is 1. The van der Waals surface area contributed by atoms with Gasteiger partial charge in [0.25, 0.3) is 0 Å². The van der Waals surface area contributed by atoms with Gasteiger partial charge in [0.05, 0.1) is 38.3 Å². The first kappa shape index (κ1) is 22.6. The van der Waals surface area contributed by atoms with Crippen molar-refractivity contribution in [2.75, 3.05) is 14.2 Å². The highest BCUT2D eigenvalue weighted by Crippen LogP contribution is 2.69. The molecule has 2 aliphatic rings. The summed E-state index contributed by atoms with van der Waals surface area (Å²) in [5.41, 5.74) is -3.05. The molecule has 0 aromatic heterocycles. The Kier molecular flexibility index (Phi) is 5.33. The molecule has 9 heteroatoms. The normalized spacial score (nSPS) is 29.2. The Hall–Kier alpha value is -3.58. The van der Waals surface area contributed by atoms with Crippen LogP contribution in [0.25, 0.3) is 0 Å². The van der Waals surface area contributed by atoms with Crippen LogP contribution < -0.4 is 9.47 Å². The van der Waals surface area contributed by atoms with Crippen LogP contribution in [0.1, 0.15) is 24.2 Å². The first-order valence-corrected chi connectivity index (χ1v) is 10.8. The van der Waals surface area contributed by atoms with Gasteiger partial charge in [-0.3, -0.25) is 5.41 Å². The molecule has 2 aromatic carbocycles. The van der Waals surface area contributed by atoms with E-state index in [4.69, 9.17) is 24.4 Å². The minimum absolute atomic E-state index is 0.314. The molecular weight excluding hydrogens is 488 g/mol. The van der Waals surface area contributed by atoms with Crippen LogP contribution in [0.2, 0.25) is 0 Å². The van der Waals surface area contributed by atoms with Crippen molar-refractivity contribution in [1.29, 1.82) is 21.2 Å². The smallest absolute Gasteiger partial charge is 0.244 e. The molecule has 2 bridgehead atoms. The fourth-order valence-corrected chi connectivity index (χ4v) is 5.13. The van der Waals surface area contributed by atoms with Crippen molar-refractivity contribution in [3.8, 4) is 29.7 Å². The van der Waals surface area contributed by atoms with Crippen LogP contribution in [-0.4, -0.2) is 20.1 Å². The van der Waals surface area contributed by atoms with Crippen molar-refractivity contribution >= 4 is 21.8 Å². The highest BCUT2D eigenvalue weighted by Gasteiger charge is 2.80. The number of methoxy groups -OCH3 is 2. The third-order valence-corrected chi connectivity index (χ3v) is 7.17. The second kappa shape index (κ2) is 7.78. The topological polar surface area (TPSA) is 132 Å². The van der Waals surface area contributed by atoms with Crippen molar-refractivity contribution < 1.29 is 18.9 Å². The summed E-state index contributed by atoms with van der Waals surface area (Å²) in [6.45, 7) is 1.66. The second-order valence-corrected chi connectivity index (χ2v) is 8.80. The van der Waals surface area contributed by atoms with Gasteiger partial charge >= 0.3 is 0 Å². The van der Waals surface area contributed by atoms with Crippen LogP contribution in [-0.2, 0) is 15.3 Å². The average molecular weight is 507 g/mol. The predicted molar refractivity (Wildman–Crippen MR) is 119 cm³/mol. The number of ether oxygens (including phenoxy) is 4. The molecule has 4 unspecified atom stereocenters. The number of hydrogen-bond acceptors (Lipinski definition) is 8. The van der Waals surface area contributed by atoms with E-state index in [0.29, 0.717) is 22.6 Å². The van der Waals surface area contributed by atoms with E-state index in [1.807, 2.05) is 12.1 Å². The lowest BCUT2D eigenvalue weighted by atomic mass is 9.53. The molecule has 2 aromatic rings. The first-order valence-electron chi connectivity index (χ1n) is 9.97. The number of nitrogens with zero attached hydrogens (tertiary/aromatic N) is 3. The van der Waals surface area contributed by atoms with E-state index in [1.54, 1.807) is 49.4 Å². The van der Waals surface area contributed by atoms with Crippen molar-refractivity contribution in [1.82, 2.24) is 0 Å². The lowest BCUT2D eigenvalue weighted by molar-refractivity contribution is -0.288. The summed E-state index contributed by atoms with van der Waals surface area (Å²) in [7, 11) is 2.95. The predicted octanol–water partition coefficient (Wildman–Crippen LogP) is 4.58. The van der Waals surface area contributed by atoms with Crippen LogP contribution in [0.3, 0.4) is 0 Å². The van der Waals surface area contributed by atoms with Gasteiger partial charge in [0.1, 0.15) is 17.6 Å². The summed E-state index contributed by atoms with van der Waals surface area (Å²) >= 11 is 3.40. The van der Waals surface area contributed by atoms with E-state index in [1.165, 1.54) is 14.2 Å². The van der Waals surface area contributed by atoms with Crippen molar-refractivity contribution in [3.63, 3.8) is 0 Å². The molecule has 4 atom stereocenters. The van der Waals surface area contributed by atoms with Crippen LogP contribution in [0.4, 0.5) is 0 Å². The lowest BCUT2D eigenvalue weighted by Gasteiger charge is -2.49. The standard InChI is InChI=1S/C24H19BrN4O4/c1-14-23(13-28)21(29)33-24(14,15-4-6-16(25)7-5-15)32-20(22(23,11-26)12-27)18-9-8-17(30-2)10-19(18)31-3/h4-10,14,20,29H,1-3H3. The summed E-state index contributed by atoms with van der Waals surface area (Å²) in [4.78, 5) is 0. The molecule has 2 saturated heterocycles. The zero-order chi connectivity index (χ0) is 24.0. The molecular formula is C24H19BrN4O4. The van der Waals surface area contributed by atoms with E-state index in [9.17, 15) is 15.8 Å². The molecule has 8 nitrogen and oxygen atoms in total. The quantitative estimate of drug-likeness (QED) is 0.641. The molecule has 0 aliphatic carbocycles. The number of nitriles is 3. The van der Waals surface area contributed by atoms with E-state index in [0.717, 1.165) is 4.47 Å². The largest absolute Gasteiger partial charge is 0.497 e. The molecule has 33 heavy (non-hydrogen) atoms. The molecule has 0 radical (unpaired) electrons. The zero-order valence-electron chi connectivity index (χ0n) is 18.0. The Morgan fingerprint density at radius 1 is 1.00 bits per heavy atom. The second-order valence-electron chi connectivity index (χ2n) is 7.88. The van der Waals surface area contributed by atoms with Gasteiger partial charge in [0.15, 0.2) is 5.41 Å². The van der Waals surface area contributed by atoms with Crippen LogP contribution >= 0.6 is 15.9 Å². The minimum atomic E-state index is -2.09. The van der Waals surface area contributed by atoms with Crippen molar-refractivity contribution in [2.24, 2.45) is 16.7 Å². The Bertz CT molecular complexity index is 1250. The summed E-state index contributed by atoms with van der Waals surface area (Å²) in [5.74, 6) is -2.07. The highest BCUT2D eigenvalue weighted by molar-refractivity contribution is 9.10. The molecule has 0 spiro atoms. The minimum Gasteiger partial charge on any atom is -0.497 e. The molecule has 2 heterocycles. The Morgan fingerprint density at radius 2 is 1.67 bits per heavy atom. The molecule has 2 aliphatic heterocycles. The SMILES string of the molecule is COc1ccc(C2OC3(c4ccc(Br)cc4)OC(=N)C(C#N)(C3C)C2(C#N)C#N)c(OC)c1. The van der Waals surface area contributed by atoms with Gasteiger partial charge in [-0.2, -0.15) is 15.8 Å². The van der Waals surface area contributed by atoms with E-state index < -0.39 is 34.5 Å². The summed E-state index contributed by atoms with van der Waals surface area (Å²) in [6.07, 6.45) is -1.27. The molecule has 166 valence electrons. The lowest BCUT2D eigenvalue weighted by Crippen LogP contribution is -2.57. The van der Waals surface area contributed by atoms with E-state index in [-0.39, 0.29) is 0 Å². The number of nitrogens with one attached hydrogen (secondary N) is 1. The third kappa shape index (κ3) is 2.72. The molecule has 0 amide bonds. The molecule has 1 N–H and O–H groups in total. The maximum absolute atomic E-state index is 10.4. The number of benzene rings is 2. The zero-order valence-corrected chi connectivity index (χ0v) is 19.6. The highest BCUT2D eigenvalue weighted by atomic mass is 79.9. The van der Waals surface area contributed by atoms with E-state index >= 15 is 0 Å². The van der Waals surface area contributed by atoms with E-state index in [2.05, 4.69) is 22.0 Å². The Labute approximate surface area is 199 Å². The fraction of sp³-hybridized carbons (Fsp3) is 0.333. The maximum Gasteiger partial charge on any atom is 0.244 e. The molecule has 0 saturated carbocycles. The van der Waals surface area contributed by atoms with Gasteiger partial charge in [-0.25, -0.2) is 0 Å². The number of rotatable bonds is 4. The van der Waals surface area contributed by atoms with Gasteiger partial charge in [0.2, 0.25) is 17.1 Å². The third-order valence-electron chi connectivity index (χ3n) is 6.64. The monoisotopic (exact) mass is 506 g/mol. The van der Waals surface area contributed by atoms with Gasteiger partial charge in [-0.1, -0.05) is 35.0 Å². The van der Waals surface area contributed by atoms with Gasteiger partial charge < -0.3 is 18.9 Å². The van der Waals surface area contributed by atoms with Crippen LogP contribution in [0.5, 0.6) is 11.5 Å². The molecule has 4 rings (SSSR count). The summed E-state index contributed by atoms with van der Waals surface area (Å²) in [5, 5.41) is 39.8. The summed E-state index contributed by atoms with van der Waals surface area (Å²) in [6, 6.07) is 18.2. The maximum atomic E-state index is 10.4. The van der Waals surface area contributed by atoms with Crippen LogP contribution in [0.15, 0.2) is 46.9 Å². The van der Waals surface area contributed by atoms with Crippen molar-refractivity contribution in [2.45, 2.75) is 18.8 Å². The van der Waals surface area contributed by atoms with Gasteiger partial charge in [0, 0.05) is 21.7 Å². The number of fused-ring (bicyclic) bond motifs is 2. The number of hydrogen-bond donors (Lipinski definition) is 1.